The van der Waals surface area contributed by atoms with E-state index in [-0.39, 0.29) is 37.2 Å². The van der Waals surface area contributed by atoms with Crippen LogP contribution in [0.5, 0.6) is 0 Å². The number of hydrogen-bond acceptors (Lipinski definition) is 4. The summed E-state index contributed by atoms with van der Waals surface area (Å²) >= 11 is 0. The van der Waals surface area contributed by atoms with Crippen molar-refractivity contribution in [3.05, 3.63) is 34.4 Å². The Morgan fingerprint density at radius 3 is 1.29 bits per heavy atom. The molecule has 0 aliphatic heterocycles. The number of hydrogen-bond donors (Lipinski definition) is 4. The summed E-state index contributed by atoms with van der Waals surface area (Å²) in [6.45, 7) is 6.82. The third-order valence-corrected chi connectivity index (χ3v) is 4.06. The Hall–Kier alpha value is -1.92. The maximum Gasteiger partial charge on any atom is 0.335 e. The summed E-state index contributed by atoms with van der Waals surface area (Å²) < 4.78 is 0. The van der Waals surface area contributed by atoms with Gasteiger partial charge in [-0.15, -0.1) is 0 Å². The van der Waals surface area contributed by atoms with Crippen molar-refractivity contribution in [1.29, 1.82) is 0 Å². The van der Waals surface area contributed by atoms with Crippen molar-refractivity contribution in [2.45, 2.75) is 40.5 Å². The van der Waals surface area contributed by atoms with Gasteiger partial charge in [-0.3, -0.25) is 0 Å². The lowest BCUT2D eigenvalue weighted by Crippen LogP contribution is -2.27. The molecule has 0 aromatic heterocycles. The molecule has 0 spiro atoms. The van der Waals surface area contributed by atoms with Crippen LogP contribution in [0.4, 0.5) is 0 Å². The van der Waals surface area contributed by atoms with Crippen LogP contribution in [-0.2, 0) is 12.8 Å². The Bertz CT molecular complexity index is 576. The molecule has 134 valence electrons. The van der Waals surface area contributed by atoms with Crippen LogP contribution < -0.4 is 0 Å². The van der Waals surface area contributed by atoms with Gasteiger partial charge in [0.25, 0.3) is 0 Å². The normalized spacial score (nSPS) is 12.2. The minimum Gasteiger partial charge on any atom is -0.478 e. The molecule has 0 radical (unpaired) electrons. The summed E-state index contributed by atoms with van der Waals surface area (Å²) in [4.78, 5) is 23.2. The van der Waals surface area contributed by atoms with E-state index in [0.29, 0.717) is 11.1 Å². The van der Waals surface area contributed by atoms with E-state index in [1.165, 1.54) is 12.1 Å². The van der Waals surface area contributed by atoms with Gasteiger partial charge in [-0.1, -0.05) is 27.7 Å². The Kier molecular flexibility index (Phi) is 6.14. The first kappa shape index (κ1) is 20.1. The molecule has 0 atom stereocenters. The SMILES string of the molecule is CC(C)(CO)Cc1c(C(=O)O)ccc(C(=O)O)c1CC(C)(C)CO. The average Bonchev–Trinajstić information content (AvgIpc) is 2.47. The lowest BCUT2D eigenvalue weighted by atomic mass is 9.77. The Labute approximate surface area is 141 Å². The molecule has 6 nitrogen and oxygen atoms in total. The summed E-state index contributed by atoms with van der Waals surface area (Å²) in [6, 6.07) is 2.59. The minimum atomic E-state index is -1.14. The van der Waals surface area contributed by atoms with Gasteiger partial charge in [-0.25, -0.2) is 9.59 Å². The third kappa shape index (κ3) is 4.79. The highest BCUT2D eigenvalue weighted by Gasteiger charge is 2.29. The predicted octanol–water partition coefficient (Wildman–Crippen LogP) is 2.21. The second-order valence-corrected chi connectivity index (χ2v) is 7.73. The lowest BCUT2D eigenvalue weighted by Gasteiger charge is -2.29. The van der Waals surface area contributed by atoms with Crippen molar-refractivity contribution in [1.82, 2.24) is 0 Å². The summed E-state index contributed by atoms with van der Waals surface area (Å²) in [5, 5.41) is 38.0. The highest BCUT2D eigenvalue weighted by Crippen LogP contribution is 2.32. The van der Waals surface area contributed by atoms with Crippen molar-refractivity contribution in [2.75, 3.05) is 13.2 Å². The van der Waals surface area contributed by atoms with E-state index in [9.17, 15) is 30.0 Å². The van der Waals surface area contributed by atoms with E-state index < -0.39 is 22.8 Å². The van der Waals surface area contributed by atoms with Gasteiger partial charge in [-0.2, -0.15) is 0 Å². The van der Waals surface area contributed by atoms with Crippen LogP contribution in [-0.4, -0.2) is 45.6 Å². The predicted molar refractivity (Wildman–Crippen MR) is 89.5 cm³/mol. The van der Waals surface area contributed by atoms with E-state index in [1.807, 2.05) is 0 Å². The number of aliphatic hydroxyl groups is 2. The van der Waals surface area contributed by atoms with Crippen LogP contribution in [0, 0.1) is 10.8 Å². The largest absolute Gasteiger partial charge is 0.478 e. The summed E-state index contributed by atoms with van der Waals surface area (Å²) in [7, 11) is 0. The molecule has 24 heavy (non-hydrogen) atoms. The number of carboxylic acids is 2. The topological polar surface area (TPSA) is 115 Å². The number of aliphatic hydroxyl groups excluding tert-OH is 2. The molecule has 1 aromatic rings. The zero-order valence-electron chi connectivity index (χ0n) is 14.6. The number of benzene rings is 1. The van der Waals surface area contributed by atoms with Crippen molar-refractivity contribution < 1.29 is 30.0 Å². The number of carboxylic acid groups (broad SMARTS) is 2. The minimum absolute atomic E-state index is 0.0327. The van der Waals surface area contributed by atoms with Crippen LogP contribution in [0.15, 0.2) is 12.1 Å². The fraction of sp³-hybridized carbons (Fsp3) is 0.556. The first-order chi connectivity index (χ1) is 10.9. The molecule has 0 heterocycles. The van der Waals surface area contributed by atoms with Crippen LogP contribution in [0.1, 0.15) is 59.5 Å². The zero-order valence-corrected chi connectivity index (χ0v) is 14.6. The number of aromatic carboxylic acids is 2. The van der Waals surface area contributed by atoms with Gasteiger partial charge >= 0.3 is 11.9 Å². The molecule has 0 bridgehead atoms. The maximum absolute atomic E-state index is 11.6. The monoisotopic (exact) mass is 338 g/mol. The summed E-state index contributed by atoms with van der Waals surface area (Å²) in [6.07, 6.45) is 0.451. The summed E-state index contributed by atoms with van der Waals surface area (Å²) in [5.41, 5.74) is -0.319. The molecule has 0 saturated carbocycles. The van der Waals surface area contributed by atoms with Gasteiger partial charge in [-0.05, 0) is 46.9 Å². The van der Waals surface area contributed by atoms with Crippen LogP contribution in [0.25, 0.3) is 0 Å². The van der Waals surface area contributed by atoms with E-state index in [1.54, 1.807) is 27.7 Å². The Morgan fingerprint density at radius 2 is 1.08 bits per heavy atom. The number of rotatable bonds is 8. The van der Waals surface area contributed by atoms with Gasteiger partial charge in [0.2, 0.25) is 0 Å². The third-order valence-electron chi connectivity index (χ3n) is 4.06. The van der Waals surface area contributed by atoms with Crippen molar-refractivity contribution in [2.24, 2.45) is 10.8 Å². The molecule has 0 aliphatic carbocycles. The van der Waals surface area contributed by atoms with Crippen molar-refractivity contribution >= 4 is 11.9 Å². The first-order valence-electron chi connectivity index (χ1n) is 7.77. The summed E-state index contributed by atoms with van der Waals surface area (Å²) in [5.74, 6) is -2.28. The van der Waals surface area contributed by atoms with Gasteiger partial charge in [0.05, 0.1) is 11.1 Å². The van der Waals surface area contributed by atoms with Crippen LogP contribution >= 0.6 is 0 Å². The molecule has 0 aliphatic rings. The number of carbonyl (C=O) groups is 2. The molecule has 0 fully saturated rings. The van der Waals surface area contributed by atoms with Crippen molar-refractivity contribution in [3.63, 3.8) is 0 Å². The molecular weight excluding hydrogens is 312 g/mol. The second-order valence-electron chi connectivity index (χ2n) is 7.73. The molecule has 6 heteroatoms. The van der Waals surface area contributed by atoms with E-state index >= 15 is 0 Å². The first-order valence-corrected chi connectivity index (χ1v) is 7.77. The van der Waals surface area contributed by atoms with Gasteiger partial charge in [0.15, 0.2) is 0 Å². The van der Waals surface area contributed by atoms with Gasteiger partial charge in [0, 0.05) is 13.2 Å². The fourth-order valence-electron chi connectivity index (χ4n) is 2.57. The fourth-order valence-corrected chi connectivity index (χ4v) is 2.57. The molecule has 0 unspecified atom stereocenters. The molecule has 1 aromatic carbocycles. The van der Waals surface area contributed by atoms with Crippen molar-refractivity contribution in [3.8, 4) is 0 Å². The highest BCUT2D eigenvalue weighted by molar-refractivity contribution is 5.95. The quantitative estimate of drug-likeness (QED) is 0.578. The van der Waals surface area contributed by atoms with Crippen LogP contribution in [0.2, 0.25) is 0 Å². The van der Waals surface area contributed by atoms with E-state index in [4.69, 9.17) is 0 Å². The van der Waals surface area contributed by atoms with Crippen LogP contribution in [0.3, 0.4) is 0 Å². The smallest absolute Gasteiger partial charge is 0.335 e. The Balaban J connectivity index is 3.66. The lowest BCUT2D eigenvalue weighted by molar-refractivity contribution is 0.0676. The molecule has 0 amide bonds. The van der Waals surface area contributed by atoms with Gasteiger partial charge < -0.3 is 20.4 Å². The average molecular weight is 338 g/mol. The standard InChI is InChI=1S/C18H26O6/c1-17(2,9-19)7-13-11(15(21)22)5-6-12(16(23)24)14(13)8-18(3,4)10-20/h5-6,19-20H,7-10H2,1-4H3,(H,21,22)(H,23,24). The molecular formula is C18H26O6. The second kappa shape index (κ2) is 7.32. The van der Waals surface area contributed by atoms with Gasteiger partial charge in [0.1, 0.15) is 0 Å². The zero-order chi connectivity index (χ0) is 18.7. The van der Waals surface area contributed by atoms with E-state index in [0.717, 1.165) is 0 Å². The van der Waals surface area contributed by atoms with E-state index in [2.05, 4.69) is 0 Å². The highest BCUT2D eigenvalue weighted by atomic mass is 16.4. The molecule has 0 saturated heterocycles. The maximum atomic E-state index is 11.6. The molecule has 4 N–H and O–H groups in total. The molecule has 1 rings (SSSR count). The Morgan fingerprint density at radius 1 is 0.792 bits per heavy atom.